The van der Waals surface area contributed by atoms with Gasteiger partial charge in [0, 0.05) is 41.6 Å². The van der Waals surface area contributed by atoms with Crippen molar-refractivity contribution in [1.29, 1.82) is 0 Å². The number of amides is 2. The van der Waals surface area contributed by atoms with E-state index in [0.29, 0.717) is 24.2 Å². The topological polar surface area (TPSA) is 56.4 Å². The van der Waals surface area contributed by atoms with Crippen LogP contribution in [0.2, 0.25) is 0 Å². The molecule has 2 aliphatic heterocycles. The van der Waals surface area contributed by atoms with Crippen molar-refractivity contribution in [3.05, 3.63) is 64.1 Å². The molecule has 1 aromatic carbocycles. The summed E-state index contributed by atoms with van der Waals surface area (Å²) in [6.07, 6.45) is 5.95. The van der Waals surface area contributed by atoms with Crippen LogP contribution in [0.5, 0.6) is 0 Å². The standard InChI is InChI=1S/C23H23N3O2S/c27-22-20(19-9-6-14-29-19)21(25-11-4-1-5-12-25)23(28)26(22)13-10-16-15-24-18-8-3-2-7-17(16)18/h2-3,6-9,14-15,24H,1,4-5,10-13H2. The molecule has 1 saturated heterocycles. The Balaban J connectivity index is 1.43. The minimum absolute atomic E-state index is 0.139. The first kappa shape index (κ1) is 18.2. The van der Waals surface area contributed by atoms with E-state index in [1.165, 1.54) is 22.7 Å². The Morgan fingerprint density at radius 1 is 0.966 bits per heavy atom. The molecule has 2 amide bonds. The quantitative estimate of drug-likeness (QED) is 0.652. The Hall–Kier alpha value is -2.86. The molecule has 6 heteroatoms. The Bertz CT molecular complexity index is 1090. The largest absolute Gasteiger partial charge is 0.366 e. The van der Waals surface area contributed by atoms with Crippen molar-refractivity contribution >= 4 is 39.6 Å². The number of nitrogens with zero attached hydrogens (tertiary/aromatic N) is 2. The first-order valence-electron chi connectivity index (χ1n) is 10.2. The number of hydrogen-bond donors (Lipinski definition) is 1. The van der Waals surface area contributed by atoms with E-state index >= 15 is 0 Å². The molecule has 5 rings (SSSR count). The smallest absolute Gasteiger partial charge is 0.277 e. The predicted octanol–water partition coefficient (Wildman–Crippen LogP) is 4.04. The van der Waals surface area contributed by atoms with Crippen LogP contribution >= 0.6 is 11.3 Å². The summed E-state index contributed by atoms with van der Waals surface area (Å²) in [6.45, 7) is 2.09. The first-order valence-corrected chi connectivity index (χ1v) is 11.1. The zero-order chi connectivity index (χ0) is 19.8. The highest BCUT2D eigenvalue weighted by Crippen LogP contribution is 2.35. The van der Waals surface area contributed by atoms with Crippen molar-refractivity contribution in [3.8, 4) is 0 Å². The van der Waals surface area contributed by atoms with Gasteiger partial charge in [0.15, 0.2) is 0 Å². The summed E-state index contributed by atoms with van der Waals surface area (Å²) in [5.41, 5.74) is 3.40. The first-order chi connectivity index (χ1) is 14.2. The molecule has 29 heavy (non-hydrogen) atoms. The van der Waals surface area contributed by atoms with Gasteiger partial charge in [0.05, 0.1) is 5.57 Å². The minimum Gasteiger partial charge on any atom is -0.366 e. The maximum Gasteiger partial charge on any atom is 0.277 e. The Morgan fingerprint density at radius 3 is 2.59 bits per heavy atom. The number of rotatable bonds is 5. The molecule has 1 fully saturated rings. The second-order valence-corrected chi connectivity index (χ2v) is 8.57. The summed E-state index contributed by atoms with van der Waals surface area (Å²) in [4.78, 5) is 34.4. The second-order valence-electron chi connectivity index (χ2n) is 7.62. The molecular formula is C23H23N3O2S. The molecule has 0 unspecified atom stereocenters. The summed E-state index contributed by atoms with van der Waals surface area (Å²) in [6, 6.07) is 12.0. The number of aromatic nitrogens is 1. The molecule has 3 aromatic rings. The van der Waals surface area contributed by atoms with E-state index in [0.717, 1.165) is 47.3 Å². The van der Waals surface area contributed by atoms with Crippen LogP contribution in [-0.4, -0.2) is 46.2 Å². The number of H-pyrrole nitrogens is 1. The molecule has 0 radical (unpaired) electrons. The summed E-state index contributed by atoms with van der Waals surface area (Å²) in [5, 5.41) is 3.11. The van der Waals surface area contributed by atoms with E-state index < -0.39 is 0 Å². The normalized spacial score (nSPS) is 17.8. The lowest BCUT2D eigenvalue weighted by atomic mass is 10.1. The third-order valence-corrected chi connectivity index (χ3v) is 6.75. The number of aromatic amines is 1. The van der Waals surface area contributed by atoms with Crippen LogP contribution in [0.25, 0.3) is 16.5 Å². The number of nitrogens with one attached hydrogen (secondary N) is 1. The summed E-state index contributed by atoms with van der Waals surface area (Å²) >= 11 is 1.52. The monoisotopic (exact) mass is 405 g/mol. The van der Waals surface area contributed by atoms with Crippen LogP contribution < -0.4 is 0 Å². The molecule has 148 valence electrons. The van der Waals surface area contributed by atoms with Gasteiger partial charge in [-0.25, -0.2) is 0 Å². The number of para-hydroxylation sites is 1. The SMILES string of the molecule is O=C1C(c2cccs2)=C(N2CCCCC2)C(=O)N1CCc1c[nH]c2ccccc12. The molecule has 2 aromatic heterocycles. The number of imide groups is 1. The van der Waals surface area contributed by atoms with Gasteiger partial charge in [-0.3, -0.25) is 14.5 Å². The molecule has 0 bridgehead atoms. The summed E-state index contributed by atoms with van der Waals surface area (Å²) < 4.78 is 0. The second kappa shape index (κ2) is 7.52. The van der Waals surface area contributed by atoms with Gasteiger partial charge in [-0.1, -0.05) is 24.3 Å². The predicted molar refractivity (Wildman–Crippen MR) is 115 cm³/mol. The minimum atomic E-state index is -0.155. The Kier molecular flexibility index (Phi) is 4.72. The van der Waals surface area contributed by atoms with Gasteiger partial charge < -0.3 is 9.88 Å². The molecule has 1 N–H and O–H groups in total. The van der Waals surface area contributed by atoms with E-state index in [1.54, 1.807) is 0 Å². The van der Waals surface area contributed by atoms with Gasteiger partial charge in [0.25, 0.3) is 11.8 Å². The highest BCUT2D eigenvalue weighted by atomic mass is 32.1. The number of benzene rings is 1. The molecule has 5 nitrogen and oxygen atoms in total. The highest BCUT2D eigenvalue weighted by molar-refractivity contribution is 7.11. The molecule has 0 saturated carbocycles. The van der Waals surface area contributed by atoms with E-state index in [-0.39, 0.29) is 11.8 Å². The van der Waals surface area contributed by atoms with E-state index in [4.69, 9.17) is 0 Å². The molecule has 0 atom stereocenters. The molecular weight excluding hydrogens is 382 g/mol. The van der Waals surface area contributed by atoms with Gasteiger partial charge in [0.2, 0.25) is 0 Å². The average molecular weight is 406 g/mol. The van der Waals surface area contributed by atoms with Crippen LogP contribution in [0.3, 0.4) is 0 Å². The third-order valence-electron chi connectivity index (χ3n) is 5.86. The maximum absolute atomic E-state index is 13.3. The Morgan fingerprint density at radius 2 is 1.79 bits per heavy atom. The molecule has 0 aliphatic carbocycles. The van der Waals surface area contributed by atoms with E-state index in [1.807, 2.05) is 41.9 Å². The summed E-state index contributed by atoms with van der Waals surface area (Å²) in [7, 11) is 0. The fourth-order valence-corrected chi connectivity index (χ4v) is 5.15. The zero-order valence-corrected chi connectivity index (χ0v) is 17.0. The van der Waals surface area contributed by atoms with Crippen LogP contribution in [0.15, 0.2) is 53.7 Å². The number of piperidine rings is 1. The fourth-order valence-electron chi connectivity index (χ4n) is 4.39. The molecule has 4 heterocycles. The summed E-state index contributed by atoms with van der Waals surface area (Å²) in [5.74, 6) is -0.294. The number of thiophene rings is 1. The van der Waals surface area contributed by atoms with Crippen LogP contribution in [0.1, 0.15) is 29.7 Å². The van der Waals surface area contributed by atoms with Gasteiger partial charge in [-0.05, 0) is 48.8 Å². The van der Waals surface area contributed by atoms with Gasteiger partial charge in [0.1, 0.15) is 5.70 Å². The van der Waals surface area contributed by atoms with Gasteiger partial charge in [-0.2, -0.15) is 0 Å². The Labute approximate surface area is 173 Å². The number of hydrogen-bond acceptors (Lipinski definition) is 4. The zero-order valence-electron chi connectivity index (χ0n) is 16.2. The van der Waals surface area contributed by atoms with Gasteiger partial charge >= 0.3 is 0 Å². The van der Waals surface area contributed by atoms with E-state index in [2.05, 4.69) is 16.0 Å². The van der Waals surface area contributed by atoms with Crippen LogP contribution in [-0.2, 0) is 16.0 Å². The number of likely N-dealkylation sites (tertiary alicyclic amines) is 1. The number of carbonyl (C=O) groups excluding carboxylic acids is 2. The molecule has 2 aliphatic rings. The van der Waals surface area contributed by atoms with Crippen molar-refractivity contribution in [2.24, 2.45) is 0 Å². The van der Waals surface area contributed by atoms with Crippen molar-refractivity contribution in [1.82, 2.24) is 14.8 Å². The average Bonchev–Trinajstić information content (AvgIpc) is 3.47. The fraction of sp³-hybridized carbons (Fsp3) is 0.304. The lowest BCUT2D eigenvalue weighted by molar-refractivity contribution is -0.137. The lowest BCUT2D eigenvalue weighted by Gasteiger charge is -2.29. The van der Waals surface area contributed by atoms with Crippen LogP contribution in [0, 0.1) is 0 Å². The lowest BCUT2D eigenvalue weighted by Crippen LogP contribution is -2.38. The number of fused-ring (bicyclic) bond motifs is 1. The van der Waals surface area contributed by atoms with Crippen molar-refractivity contribution < 1.29 is 9.59 Å². The third kappa shape index (κ3) is 3.17. The van der Waals surface area contributed by atoms with Crippen molar-refractivity contribution in [2.75, 3.05) is 19.6 Å². The van der Waals surface area contributed by atoms with E-state index in [9.17, 15) is 9.59 Å². The van der Waals surface area contributed by atoms with Crippen molar-refractivity contribution in [2.45, 2.75) is 25.7 Å². The highest BCUT2D eigenvalue weighted by Gasteiger charge is 2.41. The molecule has 0 spiro atoms. The van der Waals surface area contributed by atoms with Crippen LogP contribution in [0.4, 0.5) is 0 Å². The maximum atomic E-state index is 13.3. The number of carbonyl (C=O) groups is 2. The van der Waals surface area contributed by atoms with Gasteiger partial charge in [-0.15, -0.1) is 11.3 Å². The van der Waals surface area contributed by atoms with Crippen molar-refractivity contribution in [3.63, 3.8) is 0 Å².